The summed E-state index contributed by atoms with van der Waals surface area (Å²) in [6.07, 6.45) is -2.03. The van der Waals surface area contributed by atoms with Gasteiger partial charge in [0, 0.05) is 24.5 Å². The molecule has 3 atom stereocenters. The molecule has 0 aromatic carbocycles. The molecule has 2 amide bonds. The van der Waals surface area contributed by atoms with Gasteiger partial charge in [-0.3, -0.25) is 9.59 Å². The maximum atomic E-state index is 13.4. The summed E-state index contributed by atoms with van der Waals surface area (Å²) in [4.78, 5) is 34.8. The average Bonchev–Trinajstić information content (AvgIpc) is 3.72. The van der Waals surface area contributed by atoms with Gasteiger partial charge in [-0.15, -0.1) is 29.6 Å². The number of alkyl halides is 4. The number of carbonyl (C=O) groups excluding carboxylic acids is 2. The second-order valence-electron chi connectivity index (χ2n) is 9.46. The average molecular weight is 541 g/mol. The lowest BCUT2D eigenvalue weighted by molar-refractivity contribution is -0.276. The summed E-state index contributed by atoms with van der Waals surface area (Å²) in [6.45, 7) is 0.561. The van der Waals surface area contributed by atoms with E-state index in [1.165, 1.54) is 18.4 Å². The van der Waals surface area contributed by atoms with Crippen molar-refractivity contribution in [3.8, 4) is 5.88 Å². The SMILES string of the molecule is Cn1nc(OC(F)(F)F)cc1N=C=NC1CCc2sc(NC(=O)[C@H]3C[C@H]3F)c(C(=O)NCC3CC3)c2C1. The van der Waals surface area contributed by atoms with Crippen LogP contribution in [0.4, 0.5) is 28.4 Å². The topological polar surface area (TPSA) is 110 Å². The molecule has 0 bridgehead atoms. The highest BCUT2D eigenvalue weighted by Crippen LogP contribution is 2.41. The number of halogens is 4. The number of rotatable bonds is 8. The first-order chi connectivity index (χ1) is 17.6. The van der Waals surface area contributed by atoms with Gasteiger partial charge in [0.05, 0.1) is 23.5 Å². The molecule has 0 aliphatic heterocycles. The molecule has 1 unspecified atom stereocenters. The van der Waals surface area contributed by atoms with E-state index in [-0.39, 0.29) is 24.2 Å². The van der Waals surface area contributed by atoms with Crippen LogP contribution in [0.2, 0.25) is 0 Å². The number of aromatic nitrogens is 2. The predicted octanol–water partition coefficient (Wildman–Crippen LogP) is 4.18. The Hall–Kier alpha value is -3.25. The summed E-state index contributed by atoms with van der Waals surface area (Å²) in [5.41, 5.74) is 1.17. The molecule has 2 saturated carbocycles. The molecule has 2 fully saturated rings. The summed E-state index contributed by atoms with van der Waals surface area (Å²) in [5.74, 6) is -1.47. The third-order valence-electron chi connectivity index (χ3n) is 6.45. The molecule has 2 aromatic heterocycles. The van der Waals surface area contributed by atoms with Crippen LogP contribution in [0.1, 0.15) is 46.5 Å². The fourth-order valence-electron chi connectivity index (χ4n) is 4.16. The first-order valence-corrected chi connectivity index (χ1v) is 12.7. The smallest absolute Gasteiger partial charge is 0.386 e. The van der Waals surface area contributed by atoms with Crippen LogP contribution in [0.15, 0.2) is 16.1 Å². The molecule has 0 spiro atoms. The van der Waals surface area contributed by atoms with Crippen molar-refractivity contribution in [1.29, 1.82) is 0 Å². The number of aliphatic imine (C=N–C) groups is 2. The number of carbonyl (C=O) groups is 2. The van der Waals surface area contributed by atoms with Crippen molar-refractivity contribution in [3.63, 3.8) is 0 Å². The Morgan fingerprint density at radius 3 is 2.76 bits per heavy atom. The van der Waals surface area contributed by atoms with Gasteiger partial charge in [-0.2, -0.15) is 4.99 Å². The molecule has 3 aliphatic carbocycles. The van der Waals surface area contributed by atoms with Gasteiger partial charge >= 0.3 is 6.36 Å². The third kappa shape index (κ3) is 6.19. The molecule has 5 rings (SSSR count). The van der Waals surface area contributed by atoms with Crippen LogP contribution in [0.5, 0.6) is 5.88 Å². The lowest BCUT2D eigenvalue weighted by atomic mass is 9.91. The van der Waals surface area contributed by atoms with E-state index in [9.17, 15) is 27.2 Å². The molecule has 0 radical (unpaired) electrons. The Morgan fingerprint density at radius 2 is 2.08 bits per heavy atom. The number of fused-ring (bicyclic) bond motifs is 1. The van der Waals surface area contributed by atoms with Crippen molar-refractivity contribution in [2.24, 2.45) is 28.9 Å². The van der Waals surface area contributed by atoms with E-state index < -0.39 is 30.2 Å². The Bertz CT molecular complexity index is 1280. The second kappa shape index (κ2) is 9.90. The summed E-state index contributed by atoms with van der Waals surface area (Å²) in [7, 11) is 1.41. The van der Waals surface area contributed by atoms with E-state index in [2.05, 4.69) is 36.5 Å². The Kier molecular flexibility index (Phi) is 6.80. The summed E-state index contributed by atoms with van der Waals surface area (Å²) < 4.78 is 55.5. The van der Waals surface area contributed by atoms with Gasteiger partial charge in [0.1, 0.15) is 11.2 Å². The number of anilines is 1. The molecule has 198 valence electrons. The number of amides is 2. The number of thiophene rings is 1. The monoisotopic (exact) mass is 540 g/mol. The van der Waals surface area contributed by atoms with E-state index in [0.29, 0.717) is 42.3 Å². The summed E-state index contributed by atoms with van der Waals surface area (Å²) >= 11 is 1.33. The van der Waals surface area contributed by atoms with E-state index in [1.54, 1.807) is 0 Å². The quantitative estimate of drug-likeness (QED) is 0.387. The molecule has 37 heavy (non-hydrogen) atoms. The zero-order valence-corrected chi connectivity index (χ0v) is 20.6. The van der Waals surface area contributed by atoms with Gasteiger partial charge < -0.3 is 15.4 Å². The molecule has 3 aliphatic rings. The molecular weight excluding hydrogens is 516 g/mol. The van der Waals surface area contributed by atoms with Crippen molar-refractivity contribution >= 4 is 40.0 Å². The van der Waals surface area contributed by atoms with Gasteiger partial charge in [-0.1, -0.05) is 0 Å². The normalized spacial score (nSPS) is 22.5. The fourth-order valence-corrected chi connectivity index (χ4v) is 5.40. The first kappa shape index (κ1) is 25.4. The van der Waals surface area contributed by atoms with E-state index in [1.807, 2.05) is 0 Å². The maximum absolute atomic E-state index is 13.4. The van der Waals surface area contributed by atoms with Crippen molar-refractivity contribution in [3.05, 3.63) is 22.1 Å². The maximum Gasteiger partial charge on any atom is 0.574 e. The van der Waals surface area contributed by atoms with Crippen molar-refractivity contribution in [2.75, 3.05) is 11.9 Å². The number of ether oxygens (including phenoxy) is 1. The fraction of sp³-hybridized carbons (Fsp3) is 0.565. The Labute approximate surface area is 213 Å². The van der Waals surface area contributed by atoms with Gasteiger partial charge in [-0.05, 0) is 50.0 Å². The molecule has 2 aromatic rings. The summed E-state index contributed by atoms with van der Waals surface area (Å²) in [6, 6.07) is 3.27. The van der Waals surface area contributed by atoms with Gasteiger partial charge in [-0.25, -0.2) is 14.1 Å². The third-order valence-corrected chi connectivity index (χ3v) is 7.66. The minimum Gasteiger partial charge on any atom is -0.386 e. The lowest BCUT2D eigenvalue weighted by Gasteiger charge is -2.18. The zero-order valence-electron chi connectivity index (χ0n) is 19.8. The minimum atomic E-state index is -4.86. The molecule has 14 heteroatoms. The van der Waals surface area contributed by atoms with Gasteiger partial charge in [0.25, 0.3) is 5.91 Å². The van der Waals surface area contributed by atoms with Crippen LogP contribution >= 0.6 is 11.3 Å². The van der Waals surface area contributed by atoms with Crippen LogP contribution in [0.3, 0.4) is 0 Å². The van der Waals surface area contributed by atoms with Gasteiger partial charge in [0.15, 0.2) is 5.82 Å². The number of nitrogens with one attached hydrogen (secondary N) is 2. The molecular formula is C23H24F4N6O3S. The standard InChI is InChI=1S/C23H24F4N6O3S/c1-33-17(8-18(32-33)36-23(25,26)27)30-10-29-12-4-5-16-14(6-12)19(21(35)28-9-11-2-3-11)22(37-16)31-20(34)13-7-15(13)24/h8,11-13,15H,2-7,9H2,1H3,(H,28,35)(H,31,34)/t12?,13-,15+/m0/s1. The van der Waals surface area contributed by atoms with Crippen LogP contribution in [0, 0.1) is 11.8 Å². The summed E-state index contributed by atoms with van der Waals surface area (Å²) in [5, 5.41) is 9.73. The molecule has 0 saturated heterocycles. The van der Waals surface area contributed by atoms with Gasteiger partial charge in [0.2, 0.25) is 11.8 Å². The molecule has 2 heterocycles. The first-order valence-electron chi connectivity index (χ1n) is 11.9. The predicted molar refractivity (Wildman–Crippen MR) is 126 cm³/mol. The van der Waals surface area contributed by atoms with Crippen molar-refractivity contribution in [2.45, 2.75) is 57.1 Å². The van der Waals surface area contributed by atoms with Crippen LogP contribution < -0.4 is 15.4 Å². The van der Waals surface area contributed by atoms with E-state index in [4.69, 9.17) is 0 Å². The lowest BCUT2D eigenvalue weighted by Crippen LogP contribution is -2.28. The van der Waals surface area contributed by atoms with Crippen molar-refractivity contribution < 1.29 is 31.9 Å². The van der Waals surface area contributed by atoms with Crippen LogP contribution in [0.25, 0.3) is 0 Å². The Balaban J connectivity index is 1.33. The van der Waals surface area contributed by atoms with Crippen LogP contribution in [-0.2, 0) is 24.7 Å². The Morgan fingerprint density at radius 1 is 1.32 bits per heavy atom. The highest BCUT2D eigenvalue weighted by Gasteiger charge is 2.44. The highest BCUT2D eigenvalue weighted by molar-refractivity contribution is 7.17. The second-order valence-corrected chi connectivity index (χ2v) is 10.6. The molecule has 2 N–H and O–H groups in total. The number of aryl methyl sites for hydroxylation is 2. The number of nitrogens with zero attached hydrogens (tertiary/aromatic N) is 4. The molecule has 9 nitrogen and oxygen atoms in total. The zero-order chi connectivity index (χ0) is 26.3. The van der Waals surface area contributed by atoms with Crippen LogP contribution in [-0.4, -0.2) is 52.7 Å². The number of hydrogen-bond acceptors (Lipinski definition) is 7. The van der Waals surface area contributed by atoms with E-state index >= 15 is 0 Å². The highest BCUT2D eigenvalue weighted by atomic mass is 32.1. The number of hydrogen-bond donors (Lipinski definition) is 2. The van der Waals surface area contributed by atoms with Crippen molar-refractivity contribution in [1.82, 2.24) is 15.1 Å². The minimum absolute atomic E-state index is 0.0754. The largest absolute Gasteiger partial charge is 0.574 e. The van der Waals surface area contributed by atoms with E-state index in [0.717, 1.165) is 34.0 Å².